The minimum Gasteiger partial charge on any atom is -0.308 e. The monoisotopic (exact) mass is 446 g/mol. The zero-order valence-electron chi connectivity index (χ0n) is 19.3. The van der Waals surface area contributed by atoms with Crippen molar-refractivity contribution in [2.75, 3.05) is 4.90 Å². The highest BCUT2D eigenvalue weighted by atomic mass is 15.2. The Balaban J connectivity index is 1.30. The molecule has 9 rings (SSSR count). The van der Waals surface area contributed by atoms with Crippen LogP contribution in [0.15, 0.2) is 85.1 Å². The highest BCUT2D eigenvalue weighted by Crippen LogP contribution is 2.54. The second kappa shape index (κ2) is 6.28. The number of pyridine rings is 1. The number of anilines is 3. The quantitative estimate of drug-likeness (QED) is 0.240. The summed E-state index contributed by atoms with van der Waals surface area (Å²) in [4.78, 5) is 7.37. The van der Waals surface area contributed by atoms with Crippen LogP contribution in [0.25, 0.3) is 22.3 Å². The molecular formula is C33H22N2. The lowest BCUT2D eigenvalue weighted by molar-refractivity contribution is 0.959. The number of nitrogens with zero attached hydrogens (tertiary/aromatic N) is 2. The van der Waals surface area contributed by atoms with Crippen molar-refractivity contribution in [3.8, 4) is 22.3 Å². The Morgan fingerprint density at radius 2 is 1.26 bits per heavy atom. The van der Waals surface area contributed by atoms with Gasteiger partial charge >= 0.3 is 0 Å². The molecule has 4 aliphatic rings. The van der Waals surface area contributed by atoms with Gasteiger partial charge in [0.2, 0.25) is 0 Å². The van der Waals surface area contributed by atoms with Crippen molar-refractivity contribution in [3.63, 3.8) is 0 Å². The normalized spacial score (nSPS) is 14.9. The van der Waals surface area contributed by atoms with E-state index in [0.29, 0.717) is 0 Å². The van der Waals surface area contributed by atoms with Gasteiger partial charge < -0.3 is 4.90 Å². The first-order chi connectivity index (χ1) is 17.3. The fourth-order valence-electron chi connectivity index (χ4n) is 7.05. The molecular weight excluding hydrogens is 424 g/mol. The van der Waals surface area contributed by atoms with Crippen molar-refractivity contribution in [2.45, 2.75) is 25.7 Å². The molecule has 0 N–H and O–H groups in total. The van der Waals surface area contributed by atoms with Gasteiger partial charge in [-0.3, -0.25) is 4.98 Å². The molecule has 1 aromatic heterocycles. The first-order valence-corrected chi connectivity index (χ1v) is 12.6. The van der Waals surface area contributed by atoms with E-state index < -0.39 is 0 Å². The summed E-state index contributed by atoms with van der Waals surface area (Å²) >= 11 is 0. The molecule has 2 aliphatic heterocycles. The Labute approximate surface area is 204 Å². The van der Waals surface area contributed by atoms with Crippen molar-refractivity contribution >= 4 is 17.1 Å². The third-order valence-corrected chi connectivity index (χ3v) is 8.52. The van der Waals surface area contributed by atoms with Crippen LogP contribution in [0.5, 0.6) is 0 Å². The summed E-state index contributed by atoms with van der Waals surface area (Å²) in [5, 5.41) is 0. The van der Waals surface area contributed by atoms with Crippen LogP contribution in [0.2, 0.25) is 0 Å². The molecule has 2 heteroatoms. The fraction of sp³-hybridized carbons (Fsp3) is 0.121. The molecule has 0 saturated heterocycles. The summed E-state index contributed by atoms with van der Waals surface area (Å²) < 4.78 is 0. The van der Waals surface area contributed by atoms with Gasteiger partial charge in [-0.1, -0.05) is 54.6 Å². The van der Waals surface area contributed by atoms with Gasteiger partial charge in [-0.25, -0.2) is 0 Å². The van der Waals surface area contributed by atoms with Crippen molar-refractivity contribution in [1.29, 1.82) is 0 Å². The van der Waals surface area contributed by atoms with Crippen molar-refractivity contribution in [2.24, 2.45) is 0 Å². The molecule has 0 saturated carbocycles. The smallest absolute Gasteiger partial charge is 0.0716 e. The number of fused-ring (bicyclic) bond motifs is 11. The molecule has 0 unspecified atom stereocenters. The molecule has 5 aromatic rings. The van der Waals surface area contributed by atoms with E-state index >= 15 is 0 Å². The fourth-order valence-corrected chi connectivity index (χ4v) is 7.05. The molecule has 3 heterocycles. The van der Waals surface area contributed by atoms with E-state index in [9.17, 15) is 0 Å². The average Bonchev–Trinajstić information content (AvgIpc) is 3.44. The van der Waals surface area contributed by atoms with Crippen LogP contribution in [-0.2, 0) is 25.7 Å². The molecule has 0 atom stereocenters. The van der Waals surface area contributed by atoms with Crippen LogP contribution in [0.3, 0.4) is 0 Å². The first-order valence-electron chi connectivity index (χ1n) is 12.6. The summed E-state index contributed by atoms with van der Waals surface area (Å²) in [5.41, 5.74) is 20.9. The van der Waals surface area contributed by atoms with E-state index in [1.54, 1.807) is 0 Å². The van der Waals surface area contributed by atoms with E-state index in [2.05, 4.69) is 83.8 Å². The minimum absolute atomic E-state index is 0.894. The van der Waals surface area contributed by atoms with E-state index in [4.69, 9.17) is 4.98 Å². The molecule has 0 spiro atoms. The van der Waals surface area contributed by atoms with Crippen molar-refractivity contribution in [3.05, 3.63) is 130 Å². The molecule has 0 fully saturated rings. The maximum atomic E-state index is 4.87. The van der Waals surface area contributed by atoms with Crippen LogP contribution < -0.4 is 4.90 Å². The molecule has 0 radical (unpaired) electrons. The van der Waals surface area contributed by atoms with Crippen LogP contribution in [0.4, 0.5) is 17.1 Å². The molecule has 2 aliphatic carbocycles. The van der Waals surface area contributed by atoms with Gasteiger partial charge in [0.25, 0.3) is 0 Å². The van der Waals surface area contributed by atoms with Crippen LogP contribution in [-0.4, -0.2) is 4.98 Å². The van der Waals surface area contributed by atoms with Gasteiger partial charge in [0.1, 0.15) is 0 Å². The predicted octanol–water partition coefficient (Wildman–Crippen LogP) is 7.50. The zero-order chi connectivity index (χ0) is 22.7. The average molecular weight is 447 g/mol. The number of para-hydroxylation sites is 1. The summed E-state index contributed by atoms with van der Waals surface area (Å²) in [5.74, 6) is 0. The third kappa shape index (κ3) is 2.27. The lowest BCUT2D eigenvalue weighted by Crippen LogP contribution is -2.25. The highest BCUT2D eigenvalue weighted by molar-refractivity contribution is 5.97. The first kappa shape index (κ1) is 18.2. The second-order valence-electron chi connectivity index (χ2n) is 10.4. The molecule has 0 amide bonds. The summed E-state index contributed by atoms with van der Waals surface area (Å²) in [7, 11) is 0. The Hall–Kier alpha value is -4.17. The second-order valence-corrected chi connectivity index (χ2v) is 10.4. The van der Waals surface area contributed by atoms with Gasteiger partial charge in [0.15, 0.2) is 0 Å². The summed E-state index contributed by atoms with van der Waals surface area (Å²) in [6, 6.07) is 29.8. The Morgan fingerprint density at radius 1 is 0.514 bits per heavy atom. The third-order valence-electron chi connectivity index (χ3n) is 8.52. The molecule has 35 heavy (non-hydrogen) atoms. The lowest BCUT2D eigenvalue weighted by atomic mass is 9.87. The lowest BCUT2D eigenvalue weighted by Gasteiger charge is -2.39. The van der Waals surface area contributed by atoms with Gasteiger partial charge in [-0.2, -0.15) is 0 Å². The Bertz CT molecular complexity index is 1760. The number of aromatic nitrogens is 1. The maximum absolute atomic E-state index is 4.87. The van der Waals surface area contributed by atoms with Crippen LogP contribution in [0, 0.1) is 0 Å². The SMILES string of the molecule is c1ccc2c(c1)Cc1ccc3c(c1-2)-c1cc2c(cc1C3)N1c3ccccc3Cc3ccnc(c31)C2. The minimum atomic E-state index is 0.894. The molecule has 164 valence electrons. The Morgan fingerprint density at radius 3 is 2.17 bits per heavy atom. The maximum Gasteiger partial charge on any atom is 0.0716 e. The van der Waals surface area contributed by atoms with Gasteiger partial charge in [-0.15, -0.1) is 0 Å². The predicted molar refractivity (Wildman–Crippen MR) is 141 cm³/mol. The molecule has 0 bridgehead atoms. The van der Waals surface area contributed by atoms with Gasteiger partial charge in [-0.05, 0) is 98.3 Å². The highest BCUT2D eigenvalue weighted by Gasteiger charge is 2.35. The summed E-state index contributed by atoms with van der Waals surface area (Å²) in [6.45, 7) is 0. The van der Waals surface area contributed by atoms with E-state index in [1.807, 2.05) is 6.20 Å². The number of hydrogen-bond acceptors (Lipinski definition) is 2. The van der Waals surface area contributed by atoms with Gasteiger partial charge in [0.05, 0.1) is 17.1 Å². The standard InChI is InChI=1S/C33H22N2/c1-3-7-26-19(5-1)13-21-9-10-22-15-24-18-30-25(16-27(24)32(22)31(21)26)17-28-33-23(11-12-34-28)14-20-6-2-4-8-29(20)35(30)33/h1-12,16,18H,13-15,17H2. The Kier molecular flexibility index (Phi) is 3.27. The number of rotatable bonds is 0. The molecule has 2 nitrogen and oxygen atoms in total. The number of benzene rings is 4. The topological polar surface area (TPSA) is 16.1 Å². The largest absolute Gasteiger partial charge is 0.308 e. The summed E-state index contributed by atoms with van der Waals surface area (Å²) in [6.07, 6.45) is 5.93. The van der Waals surface area contributed by atoms with Crippen LogP contribution in [0.1, 0.15) is 44.6 Å². The van der Waals surface area contributed by atoms with Crippen molar-refractivity contribution in [1.82, 2.24) is 4.98 Å². The zero-order valence-corrected chi connectivity index (χ0v) is 19.3. The number of hydrogen-bond donors (Lipinski definition) is 0. The van der Waals surface area contributed by atoms with Gasteiger partial charge in [0, 0.05) is 24.7 Å². The molecule has 4 aromatic carbocycles. The van der Waals surface area contributed by atoms with E-state index in [-0.39, 0.29) is 0 Å². The van der Waals surface area contributed by atoms with E-state index in [1.165, 1.54) is 84.0 Å². The van der Waals surface area contributed by atoms with Crippen molar-refractivity contribution < 1.29 is 0 Å². The van der Waals surface area contributed by atoms with Crippen LogP contribution >= 0.6 is 0 Å². The van der Waals surface area contributed by atoms with E-state index in [0.717, 1.165) is 25.7 Å².